The van der Waals surface area contributed by atoms with Gasteiger partial charge in [-0.3, -0.25) is 10.1 Å². The maximum Gasteiger partial charge on any atom is 0.264 e. The summed E-state index contributed by atoms with van der Waals surface area (Å²) in [6, 6.07) is 5.80. The predicted molar refractivity (Wildman–Crippen MR) is 79.8 cm³/mol. The standard InChI is InChI=1S/C14H14BrN3O2/c1-9-3-4-12(10(2)5-9)20-8-13(19)18-14-16-6-11(15)7-17-14/h3-7H,8H2,1-2H3,(H,16,17,18,19). The zero-order valence-electron chi connectivity index (χ0n) is 11.2. The first-order valence-electron chi connectivity index (χ1n) is 6.02. The normalized spacial score (nSPS) is 10.2. The van der Waals surface area contributed by atoms with Gasteiger partial charge in [0.05, 0.1) is 4.47 Å². The number of aromatic nitrogens is 2. The molecule has 104 valence electrons. The van der Waals surface area contributed by atoms with E-state index in [0.29, 0.717) is 5.75 Å². The van der Waals surface area contributed by atoms with Crippen LogP contribution in [0.15, 0.2) is 35.1 Å². The number of ether oxygens (including phenoxy) is 1. The van der Waals surface area contributed by atoms with Crippen LogP contribution in [0.2, 0.25) is 0 Å². The summed E-state index contributed by atoms with van der Waals surface area (Å²) in [7, 11) is 0. The van der Waals surface area contributed by atoms with E-state index in [9.17, 15) is 4.79 Å². The molecule has 0 aliphatic rings. The summed E-state index contributed by atoms with van der Waals surface area (Å²) < 4.78 is 6.22. The smallest absolute Gasteiger partial charge is 0.264 e. The SMILES string of the molecule is Cc1ccc(OCC(=O)Nc2ncc(Br)cn2)c(C)c1. The number of hydrogen-bond donors (Lipinski definition) is 1. The van der Waals surface area contributed by atoms with Gasteiger partial charge in [0.15, 0.2) is 6.61 Å². The Balaban J connectivity index is 1.90. The molecule has 0 bridgehead atoms. The van der Waals surface area contributed by atoms with E-state index in [4.69, 9.17) is 4.74 Å². The lowest BCUT2D eigenvalue weighted by molar-refractivity contribution is -0.118. The van der Waals surface area contributed by atoms with Gasteiger partial charge >= 0.3 is 0 Å². The van der Waals surface area contributed by atoms with Gasteiger partial charge in [-0.2, -0.15) is 0 Å². The number of halogens is 1. The summed E-state index contributed by atoms with van der Waals surface area (Å²) in [5.41, 5.74) is 2.15. The van der Waals surface area contributed by atoms with Gasteiger partial charge in [0, 0.05) is 12.4 Å². The van der Waals surface area contributed by atoms with E-state index in [2.05, 4.69) is 31.2 Å². The van der Waals surface area contributed by atoms with Crippen LogP contribution in [0, 0.1) is 13.8 Å². The number of rotatable bonds is 4. The van der Waals surface area contributed by atoms with Crippen molar-refractivity contribution in [1.82, 2.24) is 9.97 Å². The van der Waals surface area contributed by atoms with E-state index in [1.807, 2.05) is 32.0 Å². The lowest BCUT2D eigenvalue weighted by atomic mass is 10.1. The van der Waals surface area contributed by atoms with Crippen LogP contribution in [0.3, 0.4) is 0 Å². The fourth-order valence-electron chi connectivity index (χ4n) is 1.64. The molecule has 6 heteroatoms. The minimum Gasteiger partial charge on any atom is -0.483 e. The molecule has 0 fully saturated rings. The average Bonchev–Trinajstić information content (AvgIpc) is 2.40. The van der Waals surface area contributed by atoms with Gasteiger partial charge < -0.3 is 4.74 Å². The van der Waals surface area contributed by atoms with Crippen LogP contribution in [-0.2, 0) is 4.79 Å². The molecule has 0 aliphatic heterocycles. The van der Waals surface area contributed by atoms with Gasteiger partial charge in [0.25, 0.3) is 5.91 Å². The fraction of sp³-hybridized carbons (Fsp3) is 0.214. The van der Waals surface area contributed by atoms with Crippen molar-refractivity contribution >= 4 is 27.8 Å². The summed E-state index contributed by atoms with van der Waals surface area (Å²) in [5, 5.41) is 2.56. The molecule has 0 radical (unpaired) electrons. The monoisotopic (exact) mass is 335 g/mol. The van der Waals surface area contributed by atoms with E-state index in [0.717, 1.165) is 15.6 Å². The summed E-state index contributed by atoms with van der Waals surface area (Å²) in [6.07, 6.45) is 3.13. The lowest BCUT2D eigenvalue weighted by Gasteiger charge is -2.09. The summed E-state index contributed by atoms with van der Waals surface area (Å²) in [4.78, 5) is 19.6. The summed E-state index contributed by atoms with van der Waals surface area (Å²) in [5.74, 6) is 0.650. The Morgan fingerprint density at radius 1 is 1.30 bits per heavy atom. The van der Waals surface area contributed by atoms with Crippen LogP contribution in [0.1, 0.15) is 11.1 Å². The highest BCUT2D eigenvalue weighted by Crippen LogP contribution is 2.18. The molecule has 5 nitrogen and oxygen atoms in total. The number of nitrogens with one attached hydrogen (secondary N) is 1. The molecule has 20 heavy (non-hydrogen) atoms. The van der Waals surface area contributed by atoms with Gasteiger partial charge in [0.1, 0.15) is 5.75 Å². The second-order valence-electron chi connectivity index (χ2n) is 4.33. The first-order chi connectivity index (χ1) is 9.54. The molecule has 0 saturated carbocycles. The number of carbonyl (C=O) groups excluding carboxylic acids is 1. The largest absolute Gasteiger partial charge is 0.483 e. The second kappa shape index (κ2) is 6.47. The fourth-order valence-corrected chi connectivity index (χ4v) is 1.85. The molecule has 1 amide bonds. The van der Waals surface area contributed by atoms with Crippen LogP contribution in [0.4, 0.5) is 5.95 Å². The number of hydrogen-bond acceptors (Lipinski definition) is 4. The highest BCUT2D eigenvalue weighted by atomic mass is 79.9. The van der Waals surface area contributed by atoms with Crippen LogP contribution in [0.5, 0.6) is 5.75 Å². The van der Waals surface area contributed by atoms with Crippen LogP contribution < -0.4 is 10.1 Å². The van der Waals surface area contributed by atoms with E-state index >= 15 is 0 Å². The Labute approximate surface area is 125 Å². The van der Waals surface area contributed by atoms with Crippen molar-refractivity contribution in [2.75, 3.05) is 11.9 Å². The molecule has 0 spiro atoms. The lowest BCUT2D eigenvalue weighted by Crippen LogP contribution is -2.21. The number of amides is 1. The summed E-state index contributed by atoms with van der Waals surface area (Å²) >= 11 is 3.22. The van der Waals surface area contributed by atoms with E-state index in [1.54, 1.807) is 12.4 Å². The molecule has 0 aliphatic carbocycles. The Bertz CT molecular complexity index is 614. The third-order valence-corrected chi connectivity index (χ3v) is 2.97. The minimum absolute atomic E-state index is 0.0800. The number of carbonyl (C=O) groups is 1. The number of aryl methyl sites for hydroxylation is 2. The molecule has 0 atom stereocenters. The molecule has 1 aromatic carbocycles. The van der Waals surface area contributed by atoms with Crippen LogP contribution in [0.25, 0.3) is 0 Å². The Morgan fingerprint density at radius 2 is 2.00 bits per heavy atom. The maximum atomic E-state index is 11.7. The Kier molecular flexibility index (Phi) is 4.68. The van der Waals surface area contributed by atoms with E-state index < -0.39 is 0 Å². The quantitative estimate of drug-likeness (QED) is 0.932. The third kappa shape index (κ3) is 4.03. The van der Waals surface area contributed by atoms with E-state index in [1.165, 1.54) is 0 Å². The van der Waals surface area contributed by atoms with Crippen molar-refractivity contribution in [1.29, 1.82) is 0 Å². The van der Waals surface area contributed by atoms with Crippen molar-refractivity contribution in [2.24, 2.45) is 0 Å². The first-order valence-corrected chi connectivity index (χ1v) is 6.81. The second-order valence-corrected chi connectivity index (χ2v) is 5.25. The van der Waals surface area contributed by atoms with Crippen molar-refractivity contribution in [2.45, 2.75) is 13.8 Å². The zero-order chi connectivity index (χ0) is 14.5. The number of benzene rings is 1. The molecule has 0 saturated heterocycles. The van der Waals surface area contributed by atoms with Crippen molar-refractivity contribution < 1.29 is 9.53 Å². The topological polar surface area (TPSA) is 64.1 Å². The van der Waals surface area contributed by atoms with Crippen molar-refractivity contribution in [3.05, 3.63) is 46.2 Å². The van der Waals surface area contributed by atoms with Gasteiger partial charge in [-0.05, 0) is 41.4 Å². The maximum absolute atomic E-state index is 11.7. The number of nitrogens with zero attached hydrogens (tertiary/aromatic N) is 2. The highest BCUT2D eigenvalue weighted by Gasteiger charge is 2.07. The Hall–Kier alpha value is -1.95. The average molecular weight is 336 g/mol. The number of anilines is 1. The minimum atomic E-state index is -0.299. The molecule has 2 aromatic rings. The van der Waals surface area contributed by atoms with Crippen LogP contribution in [-0.4, -0.2) is 22.5 Å². The predicted octanol–water partition coefficient (Wildman–Crippen LogP) is 2.87. The highest BCUT2D eigenvalue weighted by molar-refractivity contribution is 9.10. The van der Waals surface area contributed by atoms with Crippen LogP contribution >= 0.6 is 15.9 Å². The molecule has 1 heterocycles. The molecular weight excluding hydrogens is 322 g/mol. The molecule has 2 rings (SSSR count). The first kappa shape index (κ1) is 14.5. The van der Waals surface area contributed by atoms with Crippen molar-refractivity contribution in [3.8, 4) is 5.75 Å². The van der Waals surface area contributed by atoms with Crippen molar-refractivity contribution in [3.63, 3.8) is 0 Å². The van der Waals surface area contributed by atoms with Gasteiger partial charge in [-0.1, -0.05) is 17.7 Å². The third-order valence-electron chi connectivity index (χ3n) is 2.56. The zero-order valence-corrected chi connectivity index (χ0v) is 12.8. The van der Waals surface area contributed by atoms with Gasteiger partial charge in [0.2, 0.25) is 5.95 Å². The molecule has 0 unspecified atom stereocenters. The van der Waals surface area contributed by atoms with Gasteiger partial charge in [-0.25, -0.2) is 9.97 Å². The van der Waals surface area contributed by atoms with E-state index in [-0.39, 0.29) is 18.5 Å². The molecular formula is C14H14BrN3O2. The Morgan fingerprint density at radius 3 is 2.65 bits per heavy atom. The summed E-state index contributed by atoms with van der Waals surface area (Å²) in [6.45, 7) is 3.87. The molecule has 1 aromatic heterocycles. The molecule has 1 N–H and O–H groups in total. The van der Waals surface area contributed by atoms with Gasteiger partial charge in [-0.15, -0.1) is 0 Å².